The fraction of sp³-hybridized carbons (Fsp3) is 0.688. The summed E-state index contributed by atoms with van der Waals surface area (Å²) in [6, 6.07) is 0. The van der Waals surface area contributed by atoms with Gasteiger partial charge in [0.05, 0.1) is 16.8 Å². The van der Waals surface area contributed by atoms with E-state index >= 15 is 0 Å². The molecule has 3 fully saturated rings. The van der Waals surface area contributed by atoms with E-state index in [1.165, 1.54) is 6.42 Å². The molecule has 3 heterocycles. The van der Waals surface area contributed by atoms with E-state index in [-0.39, 0.29) is 17.5 Å². The van der Waals surface area contributed by atoms with Crippen LogP contribution in [0.15, 0.2) is 6.20 Å². The van der Waals surface area contributed by atoms with Crippen molar-refractivity contribution in [2.75, 3.05) is 19.7 Å². The van der Waals surface area contributed by atoms with Gasteiger partial charge >= 0.3 is 6.09 Å². The van der Waals surface area contributed by atoms with Crippen LogP contribution in [0.2, 0.25) is 0 Å². The second-order valence-electron chi connectivity index (χ2n) is 7.00. The fourth-order valence-electron chi connectivity index (χ4n) is 3.72. The highest BCUT2D eigenvalue weighted by molar-refractivity contribution is 5.95. The smallest absolute Gasteiger partial charge is 0.407 e. The lowest BCUT2D eigenvalue weighted by atomic mass is 9.81. The molecule has 2 aliphatic heterocycles. The Balaban J connectivity index is 1.47. The molecule has 124 valence electrons. The lowest BCUT2D eigenvalue weighted by Gasteiger charge is -2.37. The number of cyclic esters (lactones) is 1. The van der Waals surface area contributed by atoms with Crippen LogP contribution in [0.1, 0.15) is 54.1 Å². The van der Waals surface area contributed by atoms with Gasteiger partial charge in [-0.1, -0.05) is 6.42 Å². The summed E-state index contributed by atoms with van der Waals surface area (Å²) >= 11 is 0. The van der Waals surface area contributed by atoms with Crippen LogP contribution in [0.5, 0.6) is 0 Å². The van der Waals surface area contributed by atoms with Crippen molar-refractivity contribution in [3.63, 3.8) is 0 Å². The van der Waals surface area contributed by atoms with E-state index in [1.54, 1.807) is 4.68 Å². The Bertz CT molecular complexity index is 642. The van der Waals surface area contributed by atoms with E-state index in [9.17, 15) is 9.59 Å². The molecule has 1 saturated carbocycles. The number of hydrogen-bond donors (Lipinski definition) is 1. The van der Waals surface area contributed by atoms with Gasteiger partial charge in [0.15, 0.2) is 0 Å². The first-order valence-electron chi connectivity index (χ1n) is 8.34. The number of nitrogens with one attached hydrogen (secondary N) is 1. The van der Waals surface area contributed by atoms with E-state index < -0.39 is 0 Å². The topological polar surface area (TPSA) is 76.5 Å². The van der Waals surface area contributed by atoms with E-state index in [0.29, 0.717) is 25.6 Å². The largest absolute Gasteiger partial charge is 0.447 e. The molecule has 23 heavy (non-hydrogen) atoms. The van der Waals surface area contributed by atoms with Crippen LogP contribution >= 0.6 is 0 Å². The summed E-state index contributed by atoms with van der Waals surface area (Å²) < 4.78 is 6.78. The number of ether oxygens (including phenoxy) is 1. The van der Waals surface area contributed by atoms with Crippen LogP contribution in [-0.4, -0.2) is 51.9 Å². The van der Waals surface area contributed by atoms with Crippen LogP contribution in [-0.2, 0) is 11.8 Å². The Morgan fingerprint density at radius 1 is 1.39 bits per heavy atom. The number of carbonyl (C=O) groups excluding carboxylic acids is 2. The summed E-state index contributed by atoms with van der Waals surface area (Å²) in [6.07, 6.45) is 6.46. The standard InChI is InChI=1S/C16H22N4O3/c1-19-9-12(13(18-19)11-3-2-4-11)14(21)20-7-5-16(6-8-20)10-23-15(22)17-16/h9,11H,2-8,10H2,1H3,(H,17,22). The number of aromatic nitrogens is 2. The molecule has 0 unspecified atom stereocenters. The molecule has 4 rings (SSSR count). The molecule has 2 amide bonds. The zero-order valence-electron chi connectivity index (χ0n) is 13.4. The van der Waals surface area contributed by atoms with Crippen molar-refractivity contribution in [1.29, 1.82) is 0 Å². The summed E-state index contributed by atoms with van der Waals surface area (Å²) in [4.78, 5) is 26.1. The first kappa shape index (κ1) is 14.5. The summed E-state index contributed by atoms with van der Waals surface area (Å²) in [5.74, 6) is 0.508. The van der Waals surface area contributed by atoms with Gasteiger partial charge < -0.3 is 15.0 Å². The van der Waals surface area contributed by atoms with Gasteiger partial charge in [-0.05, 0) is 25.7 Å². The second-order valence-corrected chi connectivity index (χ2v) is 7.00. The van der Waals surface area contributed by atoms with E-state index in [0.717, 1.165) is 36.9 Å². The molecule has 1 spiro atoms. The van der Waals surface area contributed by atoms with Crippen LogP contribution in [0.25, 0.3) is 0 Å². The monoisotopic (exact) mass is 318 g/mol. The van der Waals surface area contributed by atoms with Gasteiger partial charge in [-0.15, -0.1) is 0 Å². The Hall–Kier alpha value is -2.05. The SMILES string of the molecule is Cn1cc(C(=O)N2CCC3(CC2)COC(=O)N3)c(C2CCC2)n1. The van der Waals surface area contributed by atoms with Gasteiger partial charge in [-0.25, -0.2) is 4.79 Å². The summed E-state index contributed by atoms with van der Waals surface area (Å²) in [6.45, 7) is 1.69. The predicted octanol–water partition coefficient (Wildman–Crippen LogP) is 1.40. The van der Waals surface area contributed by atoms with Gasteiger partial charge in [0.25, 0.3) is 5.91 Å². The van der Waals surface area contributed by atoms with E-state index in [1.807, 2.05) is 18.1 Å². The van der Waals surface area contributed by atoms with E-state index in [4.69, 9.17) is 4.74 Å². The van der Waals surface area contributed by atoms with Crippen LogP contribution in [0.4, 0.5) is 4.79 Å². The molecule has 7 heteroatoms. The van der Waals surface area contributed by atoms with Gasteiger partial charge in [0, 0.05) is 32.3 Å². The van der Waals surface area contributed by atoms with Crippen molar-refractivity contribution in [2.24, 2.45) is 7.05 Å². The first-order chi connectivity index (χ1) is 11.1. The summed E-state index contributed by atoms with van der Waals surface area (Å²) in [7, 11) is 1.87. The molecule has 0 atom stereocenters. The molecule has 1 aliphatic carbocycles. The Morgan fingerprint density at radius 3 is 2.70 bits per heavy atom. The number of amides is 2. The average Bonchev–Trinajstić information content (AvgIpc) is 3.01. The zero-order chi connectivity index (χ0) is 16.0. The van der Waals surface area contributed by atoms with Crippen molar-refractivity contribution >= 4 is 12.0 Å². The van der Waals surface area contributed by atoms with Gasteiger partial charge in [0.2, 0.25) is 0 Å². The maximum Gasteiger partial charge on any atom is 0.407 e. The van der Waals surface area contributed by atoms with Gasteiger partial charge in [-0.2, -0.15) is 5.10 Å². The zero-order valence-corrected chi connectivity index (χ0v) is 13.4. The maximum atomic E-state index is 12.9. The van der Waals surface area contributed by atoms with Gasteiger partial charge in [0.1, 0.15) is 6.61 Å². The Morgan fingerprint density at radius 2 is 2.13 bits per heavy atom. The molecular formula is C16H22N4O3. The Kier molecular flexibility index (Phi) is 3.32. The number of nitrogens with zero attached hydrogens (tertiary/aromatic N) is 3. The molecule has 1 aromatic heterocycles. The van der Waals surface area contributed by atoms with Gasteiger partial charge in [-0.3, -0.25) is 9.48 Å². The third-order valence-corrected chi connectivity index (χ3v) is 5.43. The number of rotatable bonds is 2. The molecule has 0 radical (unpaired) electrons. The third kappa shape index (κ3) is 2.48. The second kappa shape index (κ2) is 5.25. The predicted molar refractivity (Wildman–Crippen MR) is 82.2 cm³/mol. The number of piperidine rings is 1. The number of hydrogen-bond acceptors (Lipinski definition) is 4. The summed E-state index contributed by atoms with van der Waals surface area (Å²) in [5, 5.41) is 7.43. The van der Waals surface area contributed by atoms with Crippen molar-refractivity contribution in [1.82, 2.24) is 20.0 Å². The molecule has 1 aromatic rings. The average molecular weight is 318 g/mol. The first-order valence-corrected chi connectivity index (χ1v) is 8.34. The van der Waals surface area contributed by atoms with Crippen molar-refractivity contribution in [3.8, 4) is 0 Å². The minimum Gasteiger partial charge on any atom is -0.447 e. The Labute approximate surface area is 135 Å². The highest BCUT2D eigenvalue weighted by Gasteiger charge is 2.43. The van der Waals surface area contributed by atoms with Crippen LogP contribution in [0, 0.1) is 0 Å². The molecule has 7 nitrogen and oxygen atoms in total. The molecule has 3 aliphatic rings. The number of carbonyl (C=O) groups is 2. The van der Waals surface area contributed by atoms with E-state index in [2.05, 4.69) is 10.4 Å². The normalized spacial score (nSPS) is 23.5. The number of alkyl carbamates (subject to hydrolysis) is 1. The quantitative estimate of drug-likeness (QED) is 0.894. The minimum atomic E-state index is -0.343. The van der Waals surface area contributed by atoms with Crippen molar-refractivity contribution in [3.05, 3.63) is 17.5 Å². The molecule has 0 bridgehead atoms. The lowest BCUT2D eigenvalue weighted by molar-refractivity contribution is 0.0641. The fourth-order valence-corrected chi connectivity index (χ4v) is 3.72. The highest BCUT2D eigenvalue weighted by Crippen LogP contribution is 2.37. The van der Waals surface area contributed by atoms with Crippen molar-refractivity contribution < 1.29 is 14.3 Å². The lowest BCUT2D eigenvalue weighted by Crippen LogP contribution is -2.53. The molecule has 2 saturated heterocycles. The molecular weight excluding hydrogens is 296 g/mol. The maximum absolute atomic E-state index is 12.9. The van der Waals surface area contributed by atoms with Crippen LogP contribution < -0.4 is 5.32 Å². The number of aryl methyl sites for hydroxylation is 1. The molecule has 1 N–H and O–H groups in total. The third-order valence-electron chi connectivity index (χ3n) is 5.43. The minimum absolute atomic E-state index is 0.0695. The number of likely N-dealkylation sites (tertiary alicyclic amines) is 1. The molecule has 0 aromatic carbocycles. The van der Waals surface area contributed by atoms with Crippen LogP contribution in [0.3, 0.4) is 0 Å². The van der Waals surface area contributed by atoms with Crippen molar-refractivity contribution in [2.45, 2.75) is 43.6 Å². The summed E-state index contributed by atoms with van der Waals surface area (Å²) in [5.41, 5.74) is 1.43. The highest BCUT2D eigenvalue weighted by atomic mass is 16.6.